The van der Waals surface area contributed by atoms with Crippen molar-refractivity contribution in [3.63, 3.8) is 0 Å². The molecule has 2 aromatic rings. The van der Waals surface area contributed by atoms with E-state index in [1.165, 1.54) is 19.3 Å². The van der Waals surface area contributed by atoms with E-state index in [2.05, 4.69) is 5.32 Å². The summed E-state index contributed by atoms with van der Waals surface area (Å²) in [5.74, 6) is -0.989. The van der Waals surface area contributed by atoms with Crippen molar-refractivity contribution >= 4 is 23.7 Å². The second kappa shape index (κ2) is 7.98. The number of aromatic carboxylic acids is 1. The van der Waals surface area contributed by atoms with Crippen molar-refractivity contribution < 1.29 is 28.6 Å². The Morgan fingerprint density at radius 1 is 1.28 bits per heavy atom. The summed E-state index contributed by atoms with van der Waals surface area (Å²) in [6, 6.07) is 6.07. The summed E-state index contributed by atoms with van der Waals surface area (Å²) < 4.78 is 10.6. The topological polar surface area (TPSA) is 109 Å². The van der Waals surface area contributed by atoms with E-state index in [1.54, 1.807) is 36.9 Å². The number of hydrogen-bond donors (Lipinski definition) is 2. The van der Waals surface area contributed by atoms with E-state index in [1.807, 2.05) is 6.92 Å². The van der Waals surface area contributed by atoms with Crippen LogP contribution >= 0.6 is 0 Å². The molecule has 0 spiro atoms. The second-order valence-electron chi connectivity index (χ2n) is 7.37. The minimum absolute atomic E-state index is 0.0429. The lowest BCUT2D eigenvalue weighted by molar-refractivity contribution is -0.117. The van der Waals surface area contributed by atoms with Crippen LogP contribution in [-0.4, -0.2) is 35.2 Å². The van der Waals surface area contributed by atoms with E-state index in [0.29, 0.717) is 23.2 Å². The number of carboxylic acids is 1. The summed E-state index contributed by atoms with van der Waals surface area (Å²) >= 11 is 0. The first-order valence-corrected chi connectivity index (χ1v) is 9.41. The number of furan rings is 1. The number of rotatable bonds is 4. The Morgan fingerprint density at radius 3 is 2.62 bits per heavy atom. The monoisotopic (exact) mass is 400 g/mol. The van der Waals surface area contributed by atoms with Crippen molar-refractivity contribution in [1.82, 2.24) is 5.32 Å². The van der Waals surface area contributed by atoms with Gasteiger partial charge < -0.3 is 24.5 Å². The Bertz CT molecular complexity index is 948. The third kappa shape index (κ3) is 4.11. The van der Waals surface area contributed by atoms with Crippen LogP contribution in [0.3, 0.4) is 0 Å². The number of anilines is 1. The molecular formula is C21H24N2O6. The van der Waals surface area contributed by atoms with Gasteiger partial charge in [-0.25, -0.2) is 9.59 Å². The Balaban J connectivity index is 2.06. The molecule has 1 aromatic carbocycles. The molecule has 0 fully saturated rings. The molecule has 0 aliphatic carbocycles. The number of amides is 2. The quantitative estimate of drug-likeness (QED) is 0.804. The smallest absolute Gasteiger partial charge is 0.407 e. The molecule has 0 unspecified atom stereocenters. The van der Waals surface area contributed by atoms with Crippen LogP contribution in [0, 0.1) is 0 Å². The molecule has 1 aliphatic heterocycles. The summed E-state index contributed by atoms with van der Waals surface area (Å²) in [7, 11) is 0. The second-order valence-corrected chi connectivity index (χ2v) is 7.37. The van der Waals surface area contributed by atoms with E-state index in [-0.39, 0.29) is 29.4 Å². The van der Waals surface area contributed by atoms with Gasteiger partial charge in [0, 0.05) is 24.2 Å². The maximum absolute atomic E-state index is 12.2. The molecule has 2 atom stereocenters. The SMILES string of the molecule is CC(=O)N1c2ccc(-c3occc3C(=O)O)cc2[C@H](NC(=O)OC(C)C)C[C@@H]1C. The van der Waals surface area contributed by atoms with E-state index in [0.717, 1.165) is 0 Å². The van der Waals surface area contributed by atoms with Crippen molar-refractivity contribution in [2.45, 2.75) is 52.3 Å². The third-order valence-corrected chi connectivity index (χ3v) is 4.81. The van der Waals surface area contributed by atoms with Gasteiger partial charge in [0.15, 0.2) is 0 Å². The fourth-order valence-corrected chi connectivity index (χ4v) is 3.71. The Labute approximate surface area is 168 Å². The number of benzene rings is 1. The van der Waals surface area contributed by atoms with Crippen LogP contribution in [-0.2, 0) is 9.53 Å². The van der Waals surface area contributed by atoms with Gasteiger partial charge in [-0.05, 0) is 57.0 Å². The van der Waals surface area contributed by atoms with Gasteiger partial charge in [0.05, 0.1) is 18.4 Å². The van der Waals surface area contributed by atoms with Gasteiger partial charge in [-0.15, -0.1) is 0 Å². The van der Waals surface area contributed by atoms with Crippen LogP contribution in [0.25, 0.3) is 11.3 Å². The van der Waals surface area contributed by atoms with Crippen LogP contribution in [0.1, 0.15) is 56.1 Å². The first-order valence-electron chi connectivity index (χ1n) is 9.41. The lowest BCUT2D eigenvalue weighted by Gasteiger charge is -2.39. The fourth-order valence-electron chi connectivity index (χ4n) is 3.71. The summed E-state index contributed by atoms with van der Waals surface area (Å²) in [5.41, 5.74) is 1.96. The van der Waals surface area contributed by atoms with Crippen LogP contribution < -0.4 is 10.2 Å². The predicted octanol–water partition coefficient (Wildman–Crippen LogP) is 3.97. The van der Waals surface area contributed by atoms with Crippen LogP contribution in [0.15, 0.2) is 34.9 Å². The standard InChI is InChI=1S/C21H24N2O6/c1-11(2)29-21(27)22-17-9-12(3)23(13(4)24)18-6-5-14(10-16(17)18)19-15(20(25)26)7-8-28-19/h5-8,10-12,17H,9H2,1-4H3,(H,22,27)(H,25,26)/t12-,17+/m0/s1. The van der Waals surface area contributed by atoms with Crippen molar-refractivity contribution in [3.05, 3.63) is 41.7 Å². The minimum Gasteiger partial charge on any atom is -0.478 e. The first-order chi connectivity index (χ1) is 13.7. The van der Waals surface area contributed by atoms with Gasteiger partial charge in [-0.2, -0.15) is 0 Å². The molecule has 2 heterocycles. The molecule has 2 amide bonds. The lowest BCUT2D eigenvalue weighted by Crippen LogP contribution is -2.45. The normalized spacial score (nSPS) is 18.3. The van der Waals surface area contributed by atoms with Gasteiger partial charge >= 0.3 is 12.1 Å². The summed E-state index contributed by atoms with van der Waals surface area (Å²) in [4.78, 5) is 37.5. The Morgan fingerprint density at radius 2 is 2.00 bits per heavy atom. The average molecular weight is 400 g/mol. The molecule has 3 rings (SSSR count). The molecule has 2 N–H and O–H groups in total. The zero-order valence-electron chi connectivity index (χ0n) is 16.8. The average Bonchev–Trinajstić information content (AvgIpc) is 3.10. The number of nitrogens with zero attached hydrogens (tertiary/aromatic N) is 1. The highest BCUT2D eigenvalue weighted by Crippen LogP contribution is 2.40. The molecule has 0 saturated carbocycles. The van der Waals surface area contributed by atoms with Gasteiger partial charge in [0.1, 0.15) is 11.3 Å². The number of fused-ring (bicyclic) bond motifs is 1. The highest BCUT2D eigenvalue weighted by atomic mass is 16.6. The molecule has 0 saturated heterocycles. The summed E-state index contributed by atoms with van der Waals surface area (Å²) in [6.45, 7) is 6.92. The molecule has 8 nitrogen and oxygen atoms in total. The van der Waals surface area contributed by atoms with Crippen molar-refractivity contribution in [2.24, 2.45) is 0 Å². The Hall–Kier alpha value is -3.29. The number of nitrogens with one attached hydrogen (secondary N) is 1. The molecule has 1 aromatic heterocycles. The molecule has 154 valence electrons. The predicted molar refractivity (Wildman–Crippen MR) is 106 cm³/mol. The van der Waals surface area contributed by atoms with Crippen molar-refractivity contribution in [3.8, 4) is 11.3 Å². The molecule has 0 radical (unpaired) electrons. The molecule has 0 bridgehead atoms. The van der Waals surface area contributed by atoms with Gasteiger partial charge in [0.25, 0.3) is 0 Å². The van der Waals surface area contributed by atoms with Crippen LogP contribution in [0.5, 0.6) is 0 Å². The highest BCUT2D eigenvalue weighted by Gasteiger charge is 2.34. The first kappa shape index (κ1) is 20.4. The number of alkyl carbamates (subject to hydrolysis) is 1. The van der Waals surface area contributed by atoms with Crippen molar-refractivity contribution in [1.29, 1.82) is 0 Å². The third-order valence-electron chi connectivity index (χ3n) is 4.81. The van der Waals surface area contributed by atoms with Gasteiger partial charge in [-0.1, -0.05) is 0 Å². The Kier molecular flexibility index (Phi) is 5.63. The molecule has 1 aliphatic rings. The van der Waals surface area contributed by atoms with E-state index < -0.39 is 18.1 Å². The zero-order chi connectivity index (χ0) is 21.3. The summed E-state index contributed by atoms with van der Waals surface area (Å²) in [6.07, 6.45) is 0.997. The largest absolute Gasteiger partial charge is 0.478 e. The summed E-state index contributed by atoms with van der Waals surface area (Å²) in [5, 5.41) is 12.2. The van der Waals surface area contributed by atoms with Crippen LogP contribution in [0.4, 0.5) is 10.5 Å². The van der Waals surface area contributed by atoms with E-state index >= 15 is 0 Å². The number of carbonyl (C=O) groups excluding carboxylic acids is 2. The van der Waals surface area contributed by atoms with Crippen molar-refractivity contribution in [2.75, 3.05) is 4.90 Å². The number of hydrogen-bond acceptors (Lipinski definition) is 5. The van der Waals surface area contributed by atoms with Gasteiger partial charge in [0.2, 0.25) is 5.91 Å². The lowest BCUT2D eigenvalue weighted by atomic mass is 9.89. The van der Waals surface area contributed by atoms with E-state index in [9.17, 15) is 19.5 Å². The van der Waals surface area contributed by atoms with Crippen LogP contribution in [0.2, 0.25) is 0 Å². The minimum atomic E-state index is -1.10. The maximum Gasteiger partial charge on any atom is 0.407 e. The number of carboxylic acid groups (broad SMARTS) is 1. The molecule has 29 heavy (non-hydrogen) atoms. The van der Waals surface area contributed by atoms with Gasteiger partial charge in [-0.3, -0.25) is 4.79 Å². The number of carbonyl (C=O) groups is 3. The highest BCUT2D eigenvalue weighted by molar-refractivity contribution is 5.96. The fraction of sp³-hybridized carbons (Fsp3) is 0.381. The zero-order valence-corrected chi connectivity index (χ0v) is 16.8. The molecule has 8 heteroatoms. The maximum atomic E-state index is 12.2. The van der Waals surface area contributed by atoms with E-state index in [4.69, 9.17) is 9.15 Å². The molecular weight excluding hydrogens is 376 g/mol. The number of ether oxygens (including phenoxy) is 1.